The molecule has 3 rings (SSSR count). The average Bonchev–Trinajstić information content (AvgIpc) is 2.95. The summed E-state index contributed by atoms with van der Waals surface area (Å²) < 4.78 is 0. The van der Waals surface area contributed by atoms with E-state index in [9.17, 15) is 9.90 Å². The van der Waals surface area contributed by atoms with Gasteiger partial charge in [0, 0.05) is 11.9 Å². The normalized spacial score (nSPS) is 18.7. The summed E-state index contributed by atoms with van der Waals surface area (Å²) in [5.41, 5.74) is 1.05. The van der Waals surface area contributed by atoms with Crippen LogP contribution in [0.15, 0.2) is 30.3 Å². The first-order valence-corrected chi connectivity index (χ1v) is 7.05. The number of aliphatic hydroxyl groups excluding tert-OH is 1. The van der Waals surface area contributed by atoms with E-state index >= 15 is 0 Å². The fourth-order valence-corrected chi connectivity index (χ4v) is 2.95. The zero-order valence-electron chi connectivity index (χ0n) is 10.9. The molecule has 1 unspecified atom stereocenters. The smallest absolute Gasteiger partial charge is 0.272 e. The quantitative estimate of drug-likeness (QED) is 0.924. The van der Waals surface area contributed by atoms with E-state index in [4.69, 9.17) is 11.6 Å². The number of fused-ring (bicyclic) bond motifs is 1. The zero-order valence-corrected chi connectivity index (χ0v) is 11.7. The van der Waals surface area contributed by atoms with Crippen LogP contribution in [-0.2, 0) is 0 Å². The summed E-state index contributed by atoms with van der Waals surface area (Å²) in [6, 6.07) is 8.98. The summed E-state index contributed by atoms with van der Waals surface area (Å²) in [6.07, 6.45) is 1.75. The van der Waals surface area contributed by atoms with E-state index in [1.165, 1.54) is 0 Å². The van der Waals surface area contributed by atoms with Gasteiger partial charge in [-0.2, -0.15) is 0 Å². The second-order valence-corrected chi connectivity index (χ2v) is 5.39. The highest BCUT2D eigenvalue weighted by Crippen LogP contribution is 2.25. The van der Waals surface area contributed by atoms with Crippen LogP contribution < -0.4 is 0 Å². The maximum Gasteiger partial charge on any atom is 0.272 e. The van der Waals surface area contributed by atoms with Gasteiger partial charge in [0.25, 0.3) is 5.91 Å². The molecule has 5 heteroatoms. The zero-order chi connectivity index (χ0) is 14.1. The molecule has 0 spiro atoms. The van der Waals surface area contributed by atoms with Gasteiger partial charge in [-0.05, 0) is 25.0 Å². The van der Waals surface area contributed by atoms with Crippen LogP contribution in [0.25, 0.3) is 10.9 Å². The van der Waals surface area contributed by atoms with Crippen molar-refractivity contribution in [2.45, 2.75) is 18.9 Å². The average molecular weight is 291 g/mol. The molecule has 1 N–H and O–H groups in total. The minimum absolute atomic E-state index is 0.00689. The molecule has 1 aliphatic heterocycles. The Morgan fingerprint density at radius 3 is 3.05 bits per heavy atom. The third-order valence-electron chi connectivity index (χ3n) is 3.73. The van der Waals surface area contributed by atoms with E-state index in [-0.39, 0.29) is 18.6 Å². The van der Waals surface area contributed by atoms with Crippen LogP contribution >= 0.6 is 11.6 Å². The Bertz CT molecular complexity index is 659. The Labute approximate surface area is 122 Å². The molecule has 1 amide bonds. The van der Waals surface area contributed by atoms with Crippen molar-refractivity contribution in [3.8, 4) is 0 Å². The van der Waals surface area contributed by atoms with E-state index in [0.717, 1.165) is 18.2 Å². The van der Waals surface area contributed by atoms with Gasteiger partial charge in [-0.3, -0.25) is 4.79 Å². The number of likely N-dealkylation sites (tertiary alicyclic amines) is 1. The summed E-state index contributed by atoms with van der Waals surface area (Å²) in [5.74, 6) is -0.158. The monoisotopic (exact) mass is 290 g/mol. The standard InChI is InChI=1S/C15H15ClN2O2/c16-12-8-14(17-13-6-2-1-5-11(12)13)15(20)18-7-3-4-10(18)9-19/h1-2,5-6,8,10,19H,3-4,7,9H2. The van der Waals surface area contributed by atoms with Crippen LogP contribution in [0.1, 0.15) is 23.3 Å². The highest BCUT2D eigenvalue weighted by atomic mass is 35.5. The second-order valence-electron chi connectivity index (χ2n) is 4.98. The molecule has 0 radical (unpaired) electrons. The molecule has 1 aromatic heterocycles. The number of halogens is 1. The number of carbonyl (C=O) groups excluding carboxylic acids is 1. The number of hydrogen-bond donors (Lipinski definition) is 1. The number of aromatic nitrogens is 1. The second kappa shape index (κ2) is 5.38. The number of nitrogens with zero attached hydrogens (tertiary/aromatic N) is 2. The summed E-state index contributed by atoms with van der Waals surface area (Å²) in [4.78, 5) is 18.6. The molecule has 1 aliphatic rings. The lowest BCUT2D eigenvalue weighted by Crippen LogP contribution is -2.38. The van der Waals surface area contributed by atoms with Crippen molar-refractivity contribution in [1.29, 1.82) is 0 Å². The van der Waals surface area contributed by atoms with Crippen LogP contribution in [0, 0.1) is 0 Å². The number of pyridine rings is 1. The summed E-state index contributed by atoms with van der Waals surface area (Å²) >= 11 is 6.22. The minimum Gasteiger partial charge on any atom is -0.394 e. The molecular weight excluding hydrogens is 276 g/mol. The molecule has 20 heavy (non-hydrogen) atoms. The predicted molar refractivity (Wildman–Crippen MR) is 77.9 cm³/mol. The SMILES string of the molecule is O=C(c1cc(Cl)c2ccccc2n1)N1CCCC1CO. The molecule has 0 aliphatic carbocycles. The fraction of sp³-hybridized carbons (Fsp3) is 0.333. The molecule has 104 valence electrons. The van der Waals surface area contributed by atoms with E-state index in [2.05, 4.69) is 4.98 Å². The molecule has 1 atom stereocenters. The maximum absolute atomic E-state index is 12.5. The third-order valence-corrected chi connectivity index (χ3v) is 4.05. The molecule has 0 bridgehead atoms. The van der Waals surface area contributed by atoms with Gasteiger partial charge in [0.2, 0.25) is 0 Å². The van der Waals surface area contributed by atoms with Crippen molar-refractivity contribution in [1.82, 2.24) is 9.88 Å². The Balaban J connectivity index is 1.99. The van der Waals surface area contributed by atoms with Crippen molar-refractivity contribution in [3.63, 3.8) is 0 Å². The largest absolute Gasteiger partial charge is 0.394 e. The molecule has 1 saturated heterocycles. The molecule has 0 saturated carbocycles. The molecule has 2 aromatic rings. The molecular formula is C15H15ClN2O2. The van der Waals surface area contributed by atoms with Gasteiger partial charge < -0.3 is 10.0 Å². The third kappa shape index (κ3) is 2.25. The first kappa shape index (κ1) is 13.3. The molecule has 1 fully saturated rings. The van der Waals surface area contributed by atoms with Crippen molar-refractivity contribution in [2.24, 2.45) is 0 Å². The van der Waals surface area contributed by atoms with Gasteiger partial charge in [0.15, 0.2) is 0 Å². The lowest BCUT2D eigenvalue weighted by molar-refractivity contribution is 0.0672. The Morgan fingerprint density at radius 1 is 1.45 bits per heavy atom. The van der Waals surface area contributed by atoms with Crippen molar-refractivity contribution in [3.05, 3.63) is 41.0 Å². The lowest BCUT2D eigenvalue weighted by atomic mass is 10.2. The number of para-hydroxylation sites is 1. The van der Waals surface area contributed by atoms with E-state index in [1.807, 2.05) is 24.3 Å². The van der Waals surface area contributed by atoms with Crippen molar-refractivity contribution >= 4 is 28.4 Å². The molecule has 4 nitrogen and oxygen atoms in total. The van der Waals surface area contributed by atoms with Gasteiger partial charge in [-0.25, -0.2) is 4.98 Å². The number of amides is 1. The number of hydrogen-bond acceptors (Lipinski definition) is 3. The highest BCUT2D eigenvalue weighted by molar-refractivity contribution is 6.35. The molecule has 2 heterocycles. The van der Waals surface area contributed by atoms with Crippen LogP contribution in [-0.4, -0.2) is 40.1 Å². The van der Waals surface area contributed by atoms with E-state index < -0.39 is 0 Å². The summed E-state index contributed by atoms with van der Waals surface area (Å²) in [5, 5.41) is 10.7. The van der Waals surface area contributed by atoms with E-state index in [0.29, 0.717) is 22.8 Å². The topological polar surface area (TPSA) is 53.4 Å². The number of aliphatic hydroxyl groups is 1. The Kier molecular flexibility index (Phi) is 3.59. The van der Waals surface area contributed by atoms with Gasteiger partial charge in [-0.1, -0.05) is 29.8 Å². The highest BCUT2D eigenvalue weighted by Gasteiger charge is 2.29. The van der Waals surface area contributed by atoms with Crippen molar-refractivity contribution < 1.29 is 9.90 Å². The number of rotatable bonds is 2. The van der Waals surface area contributed by atoms with Gasteiger partial charge >= 0.3 is 0 Å². The summed E-state index contributed by atoms with van der Waals surface area (Å²) in [6.45, 7) is 0.656. The molecule has 1 aromatic carbocycles. The first-order chi connectivity index (χ1) is 9.70. The van der Waals surface area contributed by atoms with Crippen LogP contribution in [0.4, 0.5) is 0 Å². The van der Waals surface area contributed by atoms with Crippen LogP contribution in [0.5, 0.6) is 0 Å². The Hall–Kier alpha value is -1.65. The van der Waals surface area contributed by atoms with Crippen LogP contribution in [0.2, 0.25) is 5.02 Å². The van der Waals surface area contributed by atoms with Gasteiger partial charge in [0.1, 0.15) is 5.69 Å². The van der Waals surface area contributed by atoms with Crippen molar-refractivity contribution in [2.75, 3.05) is 13.2 Å². The lowest BCUT2D eigenvalue weighted by Gasteiger charge is -2.22. The fourth-order valence-electron chi connectivity index (χ4n) is 2.68. The minimum atomic E-state index is -0.158. The number of carbonyl (C=O) groups is 1. The maximum atomic E-state index is 12.5. The van der Waals surface area contributed by atoms with Gasteiger partial charge in [-0.15, -0.1) is 0 Å². The van der Waals surface area contributed by atoms with Gasteiger partial charge in [0.05, 0.1) is 23.2 Å². The Morgan fingerprint density at radius 2 is 2.25 bits per heavy atom. The predicted octanol–water partition coefficient (Wildman–Crippen LogP) is 2.49. The summed E-state index contributed by atoms with van der Waals surface area (Å²) in [7, 11) is 0. The van der Waals surface area contributed by atoms with Crippen LogP contribution in [0.3, 0.4) is 0 Å². The first-order valence-electron chi connectivity index (χ1n) is 6.68. The van der Waals surface area contributed by atoms with E-state index in [1.54, 1.807) is 11.0 Å². The number of benzene rings is 1.